The minimum Gasteiger partial charge on any atom is -0.365 e. The minimum atomic E-state index is 0.168. The molecule has 2 fully saturated rings. The first kappa shape index (κ1) is 38.9. The maximum Gasteiger partial charge on any atom is 0.253 e. The second kappa shape index (κ2) is 17.6. The Labute approximate surface area is 344 Å². The van der Waals surface area contributed by atoms with Gasteiger partial charge in [-0.1, -0.05) is 52.3 Å². The zero-order valence-electron chi connectivity index (χ0n) is 33.2. The molecule has 1 N–H and O–H groups in total. The number of carbonyl (C=O) groups excluding carboxylic acids is 2. The number of anilines is 1. The molecule has 4 aliphatic rings. The number of fused-ring (bicyclic) bond motifs is 4. The van der Waals surface area contributed by atoms with Gasteiger partial charge in [-0.05, 0) is 91.1 Å². The minimum absolute atomic E-state index is 0.168. The van der Waals surface area contributed by atoms with Crippen molar-refractivity contribution < 1.29 is 9.59 Å². The Kier molecular flexibility index (Phi) is 12.0. The number of aryl methyl sites for hydroxylation is 2. The van der Waals surface area contributed by atoms with Gasteiger partial charge in [0.15, 0.2) is 0 Å². The highest BCUT2D eigenvalue weighted by Gasteiger charge is 2.23. The maximum atomic E-state index is 12.9. The Hall–Kier alpha value is -5.00. The first-order valence-electron chi connectivity index (χ1n) is 20.6. The molecule has 0 saturated carbocycles. The van der Waals surface area contributed by atoms with E-state index in [1.54, 1.807) is 0 Å². The summed E-state index contributed by atoms with van der Waals surface area (Å²) in [6, 6.07) is 24.6. The van der Waals surface area contributed by atoms with E-state index >= 15 is 0 Å². The molecule has 0 atom stereocenters. The highest BCUT2D eigenvalue weighted by atomic mass is 79.9. The number of carbonyl (C=O) groups is 2. The van der Waals surface area contributed by atoms with E-state index in [2.05, 4.69) is 89.7 Å². The molecule has 6 aromatic rings. The maximum absolute atomic E-state index is 12.9. The van der Waals surface area contributed by atoms with Gasteiger partial charge >= 0.3 is 0 Å². The van der Waals surface area contributed by atoms with Crippen molar-refractivity contribution in [2.24, 2.45) is 14.1 Å². The molecular formula is C46H53BrN8O2. The number of nitrogens with zero attached hydrogens (tertiary/aromatic N) is 7. The van der Waals surface area contributed by atoms with Gasteiger partial charge in [-0.3, -0.25) is 9.59 Å². The van der Waals surface area contributed by atoms with Crippen LogP contribution in [0.4, 0.5) is 5.69 Å². The fourth-order valence-corrected chi connectivity index (χ4v) is 9.17. The number of halogens is 1. The van der Waals surface area contributed by atoms with Crippen molar-refractivity contribution in [1.29, 1.82) is 0 Å². The number of likely N-dealkylation sites (tertiary alicyclic amines) is 2. The molecule has 2 aromatic heterocycles. The molecule has 0 radical (unpaired) electrons. The lowest BCUT2D eigenvalue weighted by Crippen LogP contribution is -2.35. The van der Waals surface area contributed by atoms with Crippen LogP contribution in [-0.4, -0.2) is 80.0 Å². The molecule has 4 aromatic carbocycles. The fourth-order valence-electron chi connectivity index (χ4n) is 8.66. The third-order valence-electron chi connectivity index (χ3n) is 11.9. The van der Waals surface area contributed by atoms with E-state index in [0.29, 0.717) is 0 Å². The third-order valence-corrected chi connectivity index (χ3v) is 12.6. The van der Waals surface area contributed by atoms with Gasteiger partial charge in [0.1, 0.15) is 0 Å². The van der Waals surface area contributed by atoms with Gasteiger partial charge in [-0.2, -0.15) is 0 Å². The van der Waals surface area contributed by atoms with Gasteiger partial charge in [-0.15, -0.1) is 0 Å². The van der Waals surface area contributed by atoms with Crippen LogP contribution < -0.4 is 10.2 Å². The summed E-state index contributed by atoms with van der Waals surface area (Å²) in [6.45, 7) is 7.42. The number of nitrogens with one attached hydrogen (secondary N) is 1. The molecule has 296 valence electrons. The summed E-state index contributed by atoms with van der Waals surface area (Å²) in [5.74, 6) is 0.338. The molecule has 0 unspecified atom stereocenters. The van der Waals surface area contributed by atoms with Crippen LogP contribution in [0.1, 0.15) is 82.0 Å². The van der Waals surface area contributed by atoms with Gasteiger partial charge in [0.25, 0.3) is 11.8 Å². The SMILES string of the molecule is Cn1cnc2c1CCN(c1cccc3cc(C(=O)N4CCCCC4)ccc13)C2.Cn1cnc2c1CCNC2.O=C(c1ccc2c(Br)cccc2c1)N1CCCCC1. The van der Waals surface area contributed by atoms with E-state index in [1.165, 1.54) is 46.7 Å². The lowest BCUT2D eigenvalue weighted by atomic mass is 10.0. The van der Waals surface area contributed by atoms with Crippen LogP contribution in [0, 0.1) is 0 Å². The second-order valence-corrected chi connectivity index (χ2v) is 16.5. The molecule has 2 amide bonds. The smallest absolute Gasteiger partial charge is 0.253 e. The number of rotatable bonds is 3. The van der Waals surface area contributed by atoms with E-state index in [4.69, 9.17) is 0 Å². The molecular weight excluding hydrogens is 776 g/mol. The quantitative estimate of drug-likeness (QED) is 0.194. The molecule has 6 heterocycles. The Morgan fingerprint density at radius 3 is 1.82 bits per heavy atom. The number of hydrogen-bond acceptors (Lipinski definition) is 6. The standard InChI is InChI=1S/C23H26N4O.C16H16BrNO.C7H11N3/c1-25-16-24-20-15-27(13-10-22(20)25)21-7-5-6-17-14-18(8-9-19(17)21)23(28)26-11-3-2-4-12-26;17-15-6-4-5-12-11-13(7-8-14(12)15)16(19)18-9-2-1-3-10-18;1-10-5-9-6-4-8-3-2-7(6)10/h5-9,14,16H,2-4,10-13,15H2,1H3;4-8,11H,1-3,9-10H2;5,8H,2-4H2,1H3. The van der Waals surface area contributed by atoms with E-state index in [1.807, 2.05) is 64.9 Å². The number of amides is 2. The van der Waals surface area contributed by atoms with Crippen LogP contribution in [0.2, 0.25) is 0 Å². The van der Waals surface area contributed by atoms with Crippen LogP contribution >= 0.6 is 15.9 Å². The van der Waals surface area contributed by atoms with Crippen LogP contribution in [0.5, 0.6) is 0 Å². The van der Waals surface area contributed by atoms with Gasteiger partial charge < -0.3 is 29.2 Å². The zero-order chi connectivity index (χ0) is 39.3. The summed E-state index contributed by atoms with van der Waals surface area (Å²) in [5, 5.41) is 7.87. The third kappa shape index (κ3) is 8.65. The van der Waals surface area contributed by atoms with Crippen LogP contribution in [-0.2, 0) is 40.0 Å². The summed E-state index contributed by atoms with van der Waals surface area (Å²) in [4.78, 5) is 40.5. The summed E-state index contributed by atoms with van der Waals surface area (Å²) in [7, 11) is 4.12. The molecule has 10 rings (SSSR count). The Morgan fingerprint density at radius 2 is 1.19 bits per heavy atom. The number of piperidine rings is 2. The van der Waals surface area contributed by atoms with E-state index in [-0.39, 0.29) is 11.8 Å². The molecule has 0 bridgehead atoms. The van der Waals surface area contributed by atoms with Crippen molar-refractivity contribution in [3.05, 3.63) is 124 Å². The Bertz CT molecular complexity index is 2370. The van der Waals surface area contributed by atoms with Gasteiger partial charge in [-0.25, -0.2) is 9.97 Å². The highest BCUT2D eigenvalue weighted by molar-refractivity contribution is 9.10. The van der Waals surface area contributed by atoms with Crippen molar-refractivity contribution in [1.82, 2.24) is 34.2 Å². The number of aromatic nitrogens is 4. The van der Waals surface area contributed by atoms with E-state index in [9.17, 15) is 9.59 Å². The molecule has 2 saturated heterocycles. The molecule has 57 heavy (non-hydrogen) atoms. The molecule has 0 aliphatic carbocycles. The van der Waals surface area contributed by atoms with Crippen molar-refractivity contribution in [2.75, 3.05) is 44.2 Å². The molecule has 4 aliphatic heterocycles. The van der Waals surface area contributed by atoms with Gasteiger partial charge in [0.05, 0.1) is 30.6 Å². The van der Waals surface area contributed by atoms with Crippen LogP contribution in [0.3, 0.4) is 0 Å². The molecule has 0 spiro atoms. The Balaban J connectivity index is 0.000000134. The van der Waals surface area contributed by atoms with Crippen molar-refractivity contribution in [3.63, 3.8) is 0 Å². The van der Waals surface area contributed by atoms with Crippen molar-refractivity contribution in [2.45, 2.75) is 64.5 Å². The van der Waals surface area contributed by atoms with Crippen LogP contribution in [0.25, 0.3) is 21.5 Å². The predicted octanol–water partition coefficient (Wildman–Crippen LogP) is 8.06. The average molecular weight is 830 g/mol. The predicted molar refractivity (Wildman–Crippen MR) is 232 cm³/mol. The summed E-state index contributed by atoms with van der Waals surface area (Å²) >= 11 is 3.54. The first-order valence-corrected chi connectivity index (χ1v) is 21.4. The van der Waals surface area contributed by atoms with Gasteiger partial charge in [0.2, 0.25) is 0 Å². The van der Waals surface area contributed by atoms with Crippen molar-refractivity contribution in [3.8, 4) is 0 Å². The van der Waals surface area contributed by atoms with E-state index < -0.39 is 0 Å². The van der Waals surface area contributed by atoms with Crippen LogP contribution in [0.15, 0.2) is 89.9 Å². The lowest BCUT2D eigenvalue weighted by Gasteiger charge is -2.30. The van der Waals surface area contributed by atoms with Gasteiger partial charge in [0, 0.05) is 111 Å². The number of imidazole rings is 2. The second-order valence-electron chi connectivity index (χ2n) is 15.7. The summed E-state index contributed by atoms with van der Waals surface area (Å²) < 4.78 is 5.31. The highest BCUT2D eigenvalue weighted by Crippen LogP contribution is 2.32. The first-order chi connectivity index (χ1) is 27.8. The Morgan fingerprint density at radius 1 is 0.632 bits per heavy atom. The monoisotopic (exact) mass is 828 g/mol. The summed E-state index contributed by atoms with van der Waals surface area (Å²) in [5.41, 5.74) is 7.94. The molecule has 10 nitrogen and oxygen atoms in total. The number of benzene rings is 4. The number of hydrogen-bond donors (Lipinski definition) is 1. The van der Waals surface area contributed by atoms with E-state index in [0.717, 1.165) is 123 Å². The zero-order valence-corrected chi connectivity index (χ0v) is 34.8. The normalized spacial score (nSPS) is 16.6. The lowest BCUT2D eigenvalue weighted by molar-refractivity contribution is 0.0717. The largest absolute Gasteiger partial charge is 0.365 e. The average Bonchev–Trinajstić information content (AvgIpc) is 3.84. The fraction of sp³-hybridized carbons (Fsp3) is 0.391. The molecule has 11 heteroatoms. The topological polar surface area (TPSA) is 91.5 Å². The van der Waals surface area contributed by atoms with Crippen molar-refractivity contribution >= 4 is 55.0 Å². The summed E-state index contributed by atoms with van der Waals surface area (Å²) in [6.07, 6.45) is 12.9.